The quantitative estimate of drug-likeness (QED) is 0.0537. The molecule has 0 saturated heterocycles. The molecule has 0 radical (unpaired) electrons. The number of aromatic amines is 1. The van der Waals surface area contributed by atoms with E-state index in [-0.39, 0.29) is 60.5 Å². The standard InChI is InChI=1S/C43H69N11O3/c1-41(2,3)27-23-28-29(35(43(7,8)9)53-34(28)30(24-27)42(4,5)6)25-32(52-37(56)31(44)17-13-20-50-39(46)47)38(57)54(22-19-26-15-11-10-12-16-26)33(36(45)55)18-14-21-51-40(48)49/h10-12,15-16,23-24,31-33,53H,13-14,17-22,25,44H2,1-9H3,(H2,45,55)(H,52,56)(H4,46,47,50)(H4,48,49,51)/t31-,32-,33-/m0/s1. The van der Waals surface area contributed by atoms with Gasteiger partial charge >= 0.3 is 0 Å². The predicted molar refractivity (Wildman–Crippen MR) is 233 cm³/mol. The summed E-state index contributed by atoms with van der Waals surface area (Å²) in [6.45, 7) is 20.2. The van der Waals surface area contributed by atoms with Gasteiger partial charge in [-0.3, -0.25) is 24.4 Å². The molecule has 0 spiro atoms. The number of nitrogens with zero attached hydrogens (tertiary/aromatic N) is 3. The summed E-state index contributed by atoms with van der Waals surface area (Å²) in [7, 11) is 0. The zero-order chi connectivity index (χ0) is 42.9. The van der Waals surface area contributed by atoms with Crippen LogP contribution in [0.2, 0.25) is 0 Å². The molecule has 14 heteroatoms. The van der Waals surface area contributed by atoms with Crippen LogP contribution < -0.4 is 39.7 Å². The van der Waals surface area contributed by atoms with E-state index in [0.717, 1.165) is 38.9 Å². The van der Waals surface area contributed by atoms with Crippen molar-refractivity contribution in [2.45, 2.75) is 135 Å². The maximum absolute atomic E-state index is 15.3. The van der Waals surface area contributed by atoms with Crippen molar-refractivity contribution in [3.05, 3.63) is 70.4 Å². The lowest BCUT2D eigenvalue weighted by molar-refractivity contribution is -0.142. The van der Waals surface area contributed by atoms with E-state index in [1.165, 1.54) is 4.90 Å². The first-order chi connectivity index (χ1) is 26.4. The largest absolute Gasteiger partial charge is 0.370 e. The number of aliphatic imine (C=N–C) groups is 2. The van der Waals surface area contributed by atoms with Crippen molar-refractivity contribution in [3.8, 4) is 0 Å². The molecule has 0 bridgehead atoms. The van der Waals surface area contributed by atoms with Crippen molar-refractivity contribution in [1.29, 1.82) is 0 Å². The van der Waals surface area contributed by atoms with Gasteiger partial charge in [0.05, 0.1) is 6.04 Å². The van der Waals surface area contributed by atoms with E-state index in [1.54, 1.807) is 0 Å². The van der Waals surface area contributed by atoms with E-state index in [2.05, 4.69) is 94.7 Å². The minimum absolute atomic E-state index is 0.0470. The SMILES string of the molecule is CC(C)(C)c1cc(C(C)(C)C)c2[nH]c(C(C)(C)C)c(C[C@H](NC(=O)[C@@H](N)CCCN=C(N)N)C(=O)N(CCc3ccccc3)[C@@H](CCCN=C(N)N)C(N)=O)c2c1. The number of hydrogen-bond donors (Lipinski definition) is 8. The van der Waals surface area contributed by atoms with Gasteiger partial charge in [-0.2, -0.15) is 0 Å². The van der Waals surface area contributed by atoms with E-state index < -0.39 is 35.8 Å². The van der Waals surface area contributed by atoms with Gasteiger partial charge in [0, 0.05) is 48.1 Å². The van der Waals surface area contributed by atoms with Crippen molar-refractivity contribution >= 4 is 40.5 Å². The lowest BCUT2D eigenvalue weighted by atomic mass is 9.78. The average molecular weight is 788 g/mol. The fraction of sp³-hybridized carbons (Fsp3) is 0.558. The van der Waals surface area contributed by atoms with Gasteiger partial charge in [0.15, 0.2) is 11.9 Å². The molecule has 3 rings (SSSR count). The van der Waals surface area contributed by atoms with Gasteiger partial charge in [-0.25, -0.2) is 0 Å². The predicted octanol–water partition coefficient (Wildman–Crippen LogP) is 3.45. The second-order valence-electron chi connectivity index (χ2n) is 18.1. The highest BCUT2D eigenvalue weighted by molar-refractivity contribution is 5.95. The molecule has 0 aliphatic carbocycles. The molecule has 57 heavy (non-hydrogen) atoms. The van der Waals surface area contributed by atoms with Gasteiger partial charge in [0.2, 0.25) is 17.7 Å². The summed E-state index contributed by atoms with van der Waals surface area (Å²) in [6.07, 6.45) is 1.90. The Balaban J connectivity index is 2.26. The number of amides is 3. The summed E-state index contributed by atoms with van der Waals surface area (Å²) in [5.74, 6) is -1.75. The Bertz CT molecular complexity index is 1890. The first kappa shape index (κ1) is 46.3. The van der Waals surface area contributed by atoms with Gasteiger partial charge in [0.1, 0.15) is 12.1 Å². The zero-order valence-electron chi connectivity index (χ0n) is 35.7. The van der Waals surface area contributed by atoms with Gasteiger partial charge in [0.25, 0.3) is 0 Å². The number of primary amides is 1. The van der Waals surface area contributed by atoms with Crippen LogP contribution in [0.1, 0.15) is 116 Å². The van der Waals surface area contributed by atoms with E-state index >= 15 is 4.79 Å². The molecule has 0 fully saturated rings. The van der Waals surface area contributed by atoms with Crippen molar-refractivity contribution in [2.24, 2.45) is 44.4 Å². The molecule has 3 atom stereocenters. The number of nitrogens with one attached hydrogen (secondary N) is 2. The molecule has 14 N–H and O–H groups in total. The maximum atomic E-state index is 15.3. The highest BCUT2D eigenvalue weighted by Crippen LogP contribution is 2.40. The minimum atomic E-state index is -1.12. The number of hydrogen-bond acceptors (Lipinski definition) is 6. The third-order valence-electron chi connectivity index (χ3n) is 10.2. The van der Waals surface area contributed by atoms with Crippen LogP contribution in [-0.4, -0.2) is 77.3 Å². The summed E-state index contributed by atoms with van der Waals surface area (Å²) in [5.41, 5.74) is 40.0. The Morgan fingerprint density at radius 1 is 0.789 bits per heavy atom. The van der Waals surface area contributed by atoms with Crippen LogP contribution in [0.25, 0.3) is 10.9 Å². The van der Waals surface area contributed by atoms with Gasteiger partial charge in [-0.15, -0.1) is 0 Å². The van der Waals surface area contributed by atoms with E-state index in [4.69, 9.17) is 34.4 Å². The van der Waals surface area contributed by atoms with Gasteiger partial charge in [-0.1, -0.05) is 98.7 Å². The Morgan fingerprint density at radius 3 is 1.88 bits per heavy atom. The molecular formula is C43H69N11O3. The number of carbonyl (C=O) groups excluding carboxylic acids is 3. The van der Waals surface area contributed by atoms with Crippen molar-refractivity contribution in [2.75, 3.05) is 19.6 Å². The number of benzene rings is 2. The molecule has 1 heterocycles. The summed E-state index contributed by atoms with van der Waals surface area (Å²) in [4.78, 5) is 55.9. The van der Waals surface area contributed by atoms with Crippen LogP contribution in [0, 0.1) is 0 Å². The highest BCUT2D eigenvalue weighted by atomic mass is 16.2. The number of aromatic nitrogens is 1. The second-order valence-corrected chi connectivity index (χ2v) is 18.1. The van der Waals surface area contributed by atoms with Crippen LogP contribution in [-0.2, 0) is 43.5 Å². The molecule has 0 unspecified atom stereocenters. The molecule has 0 aliphatic heterocycles. The average Bonchev–Trinajstić information content (AvgIpc) is 3.48. The molecule has 0 aliphatic rings. The number of nitrogens with two attached hydrogens (primary N) is 6. The number of fused-ring (bicyclic) bond motifs is 1. The van der Waals surface area contributed by atoms with Crippen LogP contribution in [0.5, 0.6) is 0 Å². The smallest absolute Gasteiger partial charge is 0.246 e. The number of rotatable bonds is 18. The summed E-state index contributed by atoms with van der Waals surface area (Å²) < 4.78 is 0. The van der Waals surface area contributed by atoms with Crippen LogP contribution >= 0.6 is 0 Å². The molecule has 3 aromatic rings. The second kappa shape index (κ2) is 19.4. The third-order valence-corrected chi connectivity index (χ3v) is 10.2. The molecule has 314 valence electrons. The lowest BCUT2D eigenvalue weighted by Crippen LogP contribution is -2.58. The normalized spacial score (nSPS) is 13.7. The Kier molecular flexibility index (Phi) is 15.7. The molecule has 2 aromatic carbocycles. The summed E-state index contributed by atoms with van der Waals surface area (Å²) >= 11 is 0. The third kappa shape index (κ3) is 13.2. The molecular weight excluding hydrogens is 719 g/mol. The van der Waals surface area contributed by atoms with Crippen molar-refractivity contribution in [1.82, 2.24) is 15.2 Å². The maximum Gasteiger partial charge on any atom is 0.246 e. The lowest BCUT2D eigenvalue weighted by Gasteiger charge is -2.34. The first-order valence-corrected chi connectivity index (χ1v) is 19.9. The Hall–Kier alpha value is -5.11. The topological polar surface area (TPSA) is 263 Å². The summed E-state index contributed by atoms with van der Waals surface area (Å²) in [6, 6.07) is 11.1. The first-order valence-electron chi connectivity index (χ1n) is 19.9. The van der Waals surface area contributed by atoms with Crippen LogP contribution in [0.3, 0.4) is 0 Å². The minimum Gasteiger partial charge on any atom is -0.370 e. The fourth-order valence-electron chi connectivity index (χ4n) is 7.02. The summed E-state index contributed by atoms with van der Waals surface area (Å²) in [5, 5.41) is 4.01. The molecule has 14 nitrogen and oxygen atoms in total. The highest BCUT2D eigenvalue weighted by Gasteiger charge is 2.37. The van der Waals surface area contributed by atoms with Crippen LogP contribution in [0.4, 0.5) is 0 Å². The van der Waals surface area contributed by atoms with Crippen LogP contribution in [0.15, 0.2) is 52.4 Å². The van der Waals surface area contributed by atoms with Crippen molar-refractivity contribution in [3.63, 3.8) is 0 Å². The number of H-pyrrole nitrogens is 1. The van der Waals surface area contributed by atoms with Gasteiger partial charge in [-0.05, 0) is 71.3 Å². The monoisotopic (exact) mass is 788 g/mol. The van der Waals surface area contributed by atoms with E-state index in [1.807, 2.05) is 30.3 Å². The fourth-order valence-corrected chi connectivity index (χ4v) is 7.02. The number of carbonyl (C=O) groups is 3. The van der Waals surface area contributed by atoms with Crippen molar-refractivity contribution < 1.29 is 14.4 Å². The van der Waals surface area contributed by atoms with Gasteiger partial charge < -0.3 is 49.6 Å². The van der Waals surface area contributed by atoms with E-state index in [0.29, 0.717) is 25.8 Å². The Morgan fingerprint density at radius 2 is 1.37 bits per heavy atom. The zero-order valence-corrected chi connectivity index (χ0v) is 35.7. The number of guanidine groups is 2. The molecule has 0 saturated carbocycles. The Labute approximate surface area is 339 Å². The van der Waals surface area contributed by atoms with E-state index in [9.17, 15) is 9.59 Å². The molecule has 3 amide bonds. The molecule has 1 aromatic heterocycles.